The number of allylic oxidation sites excluding steroid dienone is 1. The van der Waals surface area contributed by atoms with Gasteiger partial charge in [-0.05, 0) is 60.8 Å². The number of benzene rings is 3. The quantitative estimate of drug-likeness (QED) is 0.167. The molecule has 0 saturated heterocycles. The summed E-state index contributed by atoms with van der Waals surface area (Å²) in [6.45, 7) is 2.24. The Morgan fingerprint density at radius 2 is 1.43 bits per heavy atom. The van der Waals surface area contributed by atoms with Crippen molar-refractivity contribution in [3.05, 3.63) is 95.8 Å². The van der Waals surface area contributed by atoms with E-state index >= 15 is 0 Å². The Morgan fingerprint density at radius 1 is 0.811 bits per heavy atom. The lowest BCUT2D eigenvalue weighted by Crippen LogP contribution is -2.32. The van der Waals surface area contributed by atoms with Gasteiger partial charge in [0.2, 0.25) is 5.82 Å². The van der Waals surface area contributed by atoms with Crippen molar-refractivity contribution in [1.29, 1.82) is 0 Å². The van der Waals surface area contributed by atoms with E-state index in [0.717, 1.165) is 37.3 Å². The molecular formula is C28H23F7O2. The first-order valence-electron chi connectivity index (χ1n) is 11.6. The number of hydrogen-bond donors (Lipinski definition) is 0. The number of ether oxygens (including phenoxy) is 2. The summed E-state index contributed by atoms with van der Waals surface area (Å²) in [7, 11) is 0. The molecule has 1 fully saturated rings. The third-order valence-electron chi connectivity index (χ3n) is 6.47. The number of alkyl halides is 2. The summed E-state index contributed by atoms with van der Waals surface area (Å²) in [5.41, 5.74) is 1.43. The molecule has 0 unspecified atom stereocenters. The van der Waals surface area contributed by atoms with Crippen LogP contribution in [0.2, 0.25) is 0 Å². The molecule has 0 N–H and O–H groups in total. The third-order valence-corrected chi connectivity index (χ3v) is 6.47. The molecule has 3 aromatic rings. The first-order valence-corrected chi connectivity index (χ1v) is 11.6. The molecule has 1 aliphatic rings. The highest BCUT2D eigenvalue weighted by molar-refractivity contribution is 5.65. The summed E-state index contributed by atoms with van der Waals surface area (Å²) in [4.78, 5) is 0. The Labute approximate surface area is 209 Å². The normalized spacial score (nSPS) is 17.9. The topological polar surface area (TPSA) is 18.5 Å². The van der Waals surface area contributed by atoms with Gasteiger partial charge in [0.25, 0.3) is 0 Å². The third kappa shape index (κ3) is 6.09. The molecule has 0 bridgehead atoms. The Hall–Kier alpha value is -3.49. The van der Waals surface area contributed by atoms with Crippen LogP contribution in [0, 0.1) is 35.0 Å². The van der Waals surface area contributed by atoms with Gasteiger partial charge in [0.15, 0.2) is 35.6 Å². The molecule has 0 radical (unpaired) electrons. The van der Waals surface area contributed by atoms with Crippen LogP contribution in [0.3, 0.4) is 0 Å². The van der Waals surface area contributed by atoms with E-state index in [1.165, 1.54) is 6.07 Å². The van der Waals surface area contributed by atoms with Gasteiger partial charge in [0.05, 0.1) is 0 Å². The van der Waals surface area contributed by atoms with E-state index in [1.54, 1.807) is 12.1 Å². The average Bonchev–Trinajstić information content (AvgIpc) is 2.88. The summed E-state index contributed by atoms with van der Waals surface area (Å²) < 4.78 is 106. The molecule has 37 heavy (non-hydrogen) atoms. The van der Waals surface area contributed by atoms with Crippen LogP contribution in [0.1, 0.15) is 37.2 Å². The van der Waals surface area contributed by atoms with Crippen LogP contribution < -0.4 is 9.47 Å². The van der Waals surface area contributed by atoms with Gasteiger partial charge < -0.3 is 9.47 Å². The maximum Gasteiger partial charge on any atom is 0.433 e. The molecular weight excluding hydrogens is 501 g/mol. The van der Waals surface area contributed by atoms with E-state index in [-0.39, 0.29) is 17.7 Å². The second-order valence-corrected chi connectivity index (χ2v) is 8.94. The zero-order valence-electron chi connectivity index (χ0n) is 19.6. The minimum atomic E-state index is -4.20. The Bertz CT molecular complexity index is 1240. The van der Waals surface area contributed by atoms with Crippen LogP contribution in [0.25, 0.3) is 11.1 Å². The molecule has 0 amide bonds. The van der Waals surface area contributed by atoms with E-state index in [9.17, 15) is 30.7 Å². The largest absolute Gasteiger partial charge is 0.480 e. The van der Waals surface area contributed by atoms with E-state index in [1.807, 2.05) is 18.2 Å². The Morgan fingerprint density at radius 3 is 2.03 bits per heavy atom. The molecule has 0 atom stereocenters. The van der Waals surface area contributed by atoms with E-state index in [4.69, 9.17) is 0 Å². The SMILES string of the molecule is C=CC1CCC(c2ccc(-c3ccc(OCC(F)(F)Oc4cc(F)c(F)c(F)c4)c(F)c3F)cc2)CC1. The highest BCUT2D eigenvalue weighted by atomic mass is 19.3. The molecule has 0 aliphatic heterocycles. The highest BCUT2D eigenvalue weighted by Gasteiger charge is 2.34. The monoisotopic (exact) mass is 524 g/mol. The first kappa shape index (κ1) is 26.6. The summed E-state index contributed by atoms with van der Waals surface area (Å²) in [6.07, 6.45) is 1.93. The molecule has 9 heteroatoms. The summed E-state index contributed by atoms with van der Waals surface area (Å²) in [5, 5.41) is 0. The molecule has 3 aromatic carbocycles. The number of halogens is 7. The Kier molecular flexibility index (Phi) is 7.80. The lowest BCUT2D eigenvalue weighted by molar-refractivity contribution is -0.196. The van der Waals surface area contributed by atoms with Gasteiger partial charge in [-0.3, -0.25) is 0 Å². The fraction of sp³-hybridized carbons (Fsp3) is 0.286. The van der Waals surface area contributed by atoms with Crippen molar-refractivity contribution in [3.8, 4) is 22.6 Å². The zero-order valence-corrected chi connectivity index (χ0v) is 19.6. The van der Waals surface area contributed by atoms with Crippen LogP contribution in [0.15, 0.2) is 61.2 Å². The van der Waals surface area contributed by atoms with Gasteiger partial charge in [-0.1, -0.05) is 30.3 Å². The van der Waals surface area contributed by atoms with Crippen LogP contribution in [0.4, 0.5) is 30.7 Å². The minimum Gasteiger partial charge on any atom is -0.480 e. The van der Waals surface area contributed by atoms with Crippen molar-refractivity contribution in [2.45, 2.75) is 37.7 Å². The molecule has 0 spiro atoms. The zero-order chi connectivity index (χ0) is 26.7. The van der Waals surface area contributed by atoms with Gasteiger partial charge in [-0.15, -0.1) is 6.58 Å². The maximum atomic E-state index is 14.8. The predicted molar refractivity (Wildman–Crippen MR) is 124 cm³/mol. The van der Waals surface area contributed by atoms with E-state index in [2.05, 4.69) is 16.1 Å². The van der Waals surface area contributed by atoms with Crippen LogP contribution in [-0.2, 0) is 0 Å². The molecule has 2 nitrogen and oxygen atoms in total. The summed E-state index contributed by atoms with van der Waals surface area (Å²) in [6, 6.07) is 9.72. The van der Waals surface area contributed by atoms with Gasteiger partial charge in [0.1, 0.15) is 5.75 Å². The lowest BCUT2D eigenvalue weighted by Gasteiger charge is -2.27. The molecule has 4 rings (SSSR count). The van der Waals surface area contributed by atoms with Crippen molar-refractivity contribution in [2.75, 3.05) is 6.61 Å². The highest BCUT2D eigenvalue weighted by Crippen LogP contribution is 2.37. The minimum absolute atomic E-state index is 0.0768. The molecule has 0 aromatic heterocycles. The van der Waals surface area contributed by atoms with Crippen molar-refractivity contribution in [1.82, 2.24) is 0 Å². The molecule has 196 valence electrons. The standard InChI is InChI=1S/C28H23F7O2/c1-2-16-3-5-17(6-4-16)18-7-9-19(10-8-18)21-11-12-24(27(33)25(21)31)36-15-28(34,35)37-20-13-22(29)26(32)23(30)14-20/h2,7-14,16-17H,1,3-6,15H2. The van der Waals surface area contributed by atoms with Crippen molar-refractivity contribution in [3.63, 3.8) is 0 Å². The summed E-state index contributed by atoms with van der Waals surface area (Å²) in [5.74, 6) is -9.01. The van der Waals surface area contributed by atoms with Crippen LogP contribution in [-0.4, -0.2) is 12.7 Å². The van der Waals surface area contributed by atoms with Gasteiger partial charge >= 0.3 is 6.11 Å². The van der Waals surface area contributed by atoms with Gasteiger partial charge in [0, 0.05) is 17.7 Å². The maximum absolute atomic E-state index is 14.8. The number of rotatable bonds is 8. The van der Waals surface area contributed by atoms with Crippen molar-refractivity contribution in [2.24, 2.45) is 5.92 Å². The molecule has 1 aliphatic carbocycles. The fourth-order valence-corrected chi connectivity index (χ4v) is 4.44. The van der Waals surface area contributed by atoms with Gasteiger partial charge in [-0.25, -0.2) is 17.6 Å². The Balaban J connectivity index is 1.43. The predicted octanol–water partition coefficient (Wildman–Crippen LogP) is 8.56. The molecule has 1 saturated carbocycles. The average molecular weight is 524 g/mol. The number of hydrogen-bond acceptors (Lipinski definition) is 2. The van der Waals surface area contributed by atoms with Crippen molar-refractivity contribution >= 4 is 0 Å². The second-order valence-electron chi connectivity index (χ2n) is 8.94. The fourth-order valence-electron chi connectivity index (χ4n) is 4.44. The lowest BCUT2D eigenvalue weighted by atomic mass is 9.78. The van der Waals surface area contributed by atoms with Crippen LogP contribution in [0.5, 0.6) is 11.5 Å². The van der Waals surface area contributed by atoms with E-state index in [0.29, 0.717) is 17.4 Å². The second kappa shape index (κ2) is 10.9. The first-order chi connectivity index (χ1) is 17.6. The summed E-state index contributed by atoms with van der Waals surface area (Å²) >= 11 is 0. The molecule has 0 heterocycles. The van der Waals surface area contributed by atoms with E-state index < -0.39 is 53.3 Å². The van der Waals surface area contributed by atoms with Crippen molar-refractivity contribution < 1.29 is 40.2 Å². The smallest absolute Gasteiger partial charge is 0.433 e. The van der Waals surface area contributed by atoms with Gasteiger partial charge in [-0.2, -0.15) is 13.2 Å². The van der Waals surface area contributed by atoms with Crippen LogP contribution >= 0.6 is 0 Å².